The second-order valence-corrected chi connectivity index (χ2v) is 9.87. The number of halogens is 1. The van der Waals surface area contributed by atoms with E-state index in [1.54, 1.807) is 31.2 Å². The summed E-state index contributed by atoms with van der Waals surface area (Å²) in [5.74, 6) is -0.0622. The predicted octanol–water partition coefficient (Wildman–Crippen LogP) is 4.11. The van der Waals surface area contributed by atoms with Crippen LogP contribution in [0.1, 0.15) is 18.1 Å². The number of nitrogens with zero attached hydrogens (tertiary/aromatic N) is 2. The molecule has 3 aromatic rings. The third-order valence-corrected chi connectivity index (χ3v) is 7.09. The summed E-state index contributed by atoms with van der Waals surface area (Å²) in [6, 6.07) is 15.3. The minimum absolute atomic E-state index is 0.0175. The number of phenolic OH excluding ortho intramolecular Hbond substituents is 1. The number of methoxy groups -OCH3 is 1. The molecule has 2 N–H and O–H groups in total. The first-order valence-electron chi connectivity index (χ1n) is 10.9. The average Bonchev–Trinajstić information content (AvgIpc) is 2.85. The number of benzene rings is 3. The van der Waals surface area contributed by atoms with Crippen LogP contribution in [0.25, 0.3) is 0 Å². The molecule has 0 aliphatic carbocycles. The fraction of sp³-hybridized carbons (Fsp3) is 0.200. The molecule has 0 radical (unpaired) electrons. The molecule has 0 aromatic heterocycles. The number of aryl methyl sites for hydroxylation is 1. The maximum Gasteiger partial charge on any atom is 0.264 e. The van der Waals surface area contributed by atoms with Crippen LogP contribution in [0.5, 0.6) is 17.2 Å². The van der Waals surface area contributed by atoms with E-state index in [1.807, 2.05) is 6.92 Å². The summed E-state index contributed by atoms with van der Waals surface area (Å²) < 4.78 is 38.4. The first-order valence-corrected chi connectivity index (χ1v) is 12.7. The number of carbonyl (C=O) groups excluding carboxylic acids is 1. The fourth-order valence-corrected chi connectivity index (χ4v) is 4.85. The molecule has 11 heteroatoms. The first-order chi connectivity index (χ1) is 17.1. The molecule has 0 heterocycles. The van der Waals surface area contributed by atoms with E-state index < -0.39 is 22.5 Å². The SMILES string of the molecule is CCOc1cc(/C=N\NC(=O)CN(c2ccc(OC)c(Cl)c2)S(=O)(=O)c2ccc(C)cc2)ccc1O. The van der Waals surface area contributed by atoms with Crippen LogP contribution in [-0.4, -0.2) is 45.9 Å². The Morgan fingerprint density at radius 3 is 2.47 bits per heavy atom. The van der Waals surface area contributed by atoms with Crippen LogP contribution < -0.4 is 19.2 Å². The molecule has 0 spiro atoms. The number of hydrazone groups is 1. The van der Waals surface area contributed by atoms with E-state index in [1.165, 1.54) is 49.7 Å². The van der Waals surface area contributed by atoms with Gasteiger partial charge in [0.15, 0.2) is 11.5 Å². The summed E-state index contributed by atoms with van der Waals surface area (Å²) in [7, 11) is -2.68. The van der Waals surface area contributed by atoms with Gasteiger partial charge in [-0.1, -0.05) is 29.3 Å². The number of nitrogens with one attached hydrogen (secondary N) is 1. The molecule has 0 aliphatic heterocycles. The second kappa shape index (κ2) is 11.8. The predicted molar refractivity (Wildman–Crippen MR) is 139 cm³/mol. The van der Waals surface area contributed by atoms with Gasteiger partial charge in [0, 0.05) is 0 Å². The van der Waals surface area contributed by atoms with E-state index in [4.69, 9.17) is 21.1 Å². The molecule has 3 rings (SSSR count). The number of sulfonamides is 1. The number of hydrogen-bond donors (Lipinski definition) is 2. The monoisotopic (exact) mass is 531 g/mol. The van der Waals surface area contributed by atoms with E-state index in [-0.39, 0.29) is 27.1 Å². The van der Waals surface area contributed by atoms with Crippen LogP contribution >= 0.6 is 11.6 Å². The van der Waals surface area contributed by atoms with Crippen molar-refractivity contribution in [1.29, 1.82) is 0 Å². The highest BCUT2D eigenvalue weighted by Crippen LogP contribution is 2.32. The third kappa shape index (κ3) is 6.46. The van der Waals surface area contributed by atoms with Crippen molar-refractivity contribution in [3.8, 4) is 17.2 Å². The van der Waals surface area contributed by atoms with E-state index in [9.17, 15) is 18.3 Å². The molecule has 1 amide bonds. The Hall–Kier alpha value is -3.76. The highest BCUT2D eigenvalue weighted by Gasteiger charge is 2.27. The molecular weight excluding hydrogens is 506 g/mol. The van der Waals surface area contributed by atoms with Crippen molar-refractivity contribution in [2.24, 2.45) is 5.10 Å². The normalized spacial score (nSPS) is 11.3. The van der Waals surface area contributed by atoms with Gasteiger partial charge in [-0.15, -0.1) is 0 Å². The standard InChI is InChI=1S/C25H26ClN3O6S/c1-4-35-24-13-18(7-11-22(24)30)15-27-28-25(31)16-29(19-8-12-23(34-3)21(26)14-19)36(32,33)20-9-5-17(2)6-10-20/h5-15,30H,4,16H2,1-3H3,(H,28,31)/b27-15-. The molecule has 190 valence electrons. The molecule has 0 atom stereocenters. The lowest BCUT2D eigenvalue weighted by atomic mass is 10.2. The van der Waals surface area contributed by atoms with Gasteiger partial charge in [0.25, 0.3) is 15.9 Å². The molecule has 0 aliphatic rings. The van der Waals surface area contributed by atoms with Crippen molar-refractivity contribution < 1.29 is 27.8 Å². The van der Waals surface area contributed by atoms with E-state index in [2.05, 4.69) is 10.5 Å². The van der Waals surface area contributed by atoms with Crippen LogP contribution in [0, 0.1) is 6.92 Å². The second-order valence-electron chi connectivity index (χ2n) is 7.60. The van der Waals surface area contributed by atoms with Gasteiger partial charge in [-0.3, -0.25) is 9.10 Å². The van der Waals surface area contributed by atoms with Crippen molar-refractivity contribution in [1.82, 2.24) is 5.43 Å². The maximum absolute atomic E-state index is 13.5. The number of aromatic hydroxyl groups is 1. The Labute approximate surface area is 215 Å². The molecular formula is C25H26ClN3O6S. The zero-order valence-corrected chi connectivity index (χ0v) is 21.5. The van der Waals surface area contributed by atoms with Gasteiger partial charge in [0.2, 0.25) is 0 Å². The van der Waals surface area contributed by atoms with Gasteiger partial charge in [0.05, 0.1) is 35.5 Å². The van der Waals surface area contributed by atoms with E-state index in [0.717, 1.165) is 9.87 Å². The van der Waals surface area contributed by atoms with Gasteiger partial charge in [-0.2, -0.15) is 5.10 Å². The zero-order chi connectivity index (χ0) is 26.3. The smallest absolute Gasteiger partial charge is 0.264 e. The van der Waals surface area contributed by atoms with Gasteiger partial charge < -0.3 is 14.6 Å². The largest absolute Gasteiger partial charge is 0.504 e. The molecule has 0 saturated heterocycles. The number of hydrogen-bond acceptors (Lipinski definition) is 7. The van der Waals surface area contributed by atoms with Gasteiger partial charge in [0.1, 0.15) is 12.3 Å². The van der Waals surface area contributed by atoms with Crippen molar-refractivity contribution in [2.75, 3.05) is 24.6 Å². The van der Waals surface area contributed by atoms with E-state index >= 15 is 0 Å². The first kappa shape index (κ1) is 26.8. The molecule has 3 aromatic carbocycles. The molecule has 0 fully saturated rings. The minimum atomic E-state index is -4.12. The van der Waals surface area contributed by atoms with Crippen molar-refractivity contribution >= 4 is 39.4 Å². The average molecular weight is 532 g/mol. The Kier molecular flexibility index (Phi) is 8.78. The summed E-state index contributed by atoms with van der Waals surface area (Å²) in [4.78, 5) is 12.7. The van der Waals surface area contributed by atoms with Crippen LogP contribution in [0.3, 0.4) is 0 Å². The van der Waals surface area contributed by atoms with Crippen LogP contribution in [0.4, 0.5) is 5.69 Å². The summed E-state index contributed by atoms with van der Waals surface area (Å²) in [6.45, 7) is 3.43. The number of anilines is 1. The van der Waals surface area contributed by atoms with Crippen molar-refractivity contribution in [3.63, 3.8) is 0 Å². The Morgan fingerprint density at radius 2 is 1.83 bits per heavy atom. The van der Waals surface area contributed by atoms with Crippen molar-refractivity contribution in [2.45, 2.75) is 18.7 Å². The summed E-state index contributed by atoms with van der Waals surface area (Å²) in [5, 5.41) is 13.9. The van der Waals surface area contributed by atoms with Gasteiger partial charge in [-0.05, 0) is 67.9 Å². The summed E-state index contributed by atoms with van der Waals surface area (Å²) >= 11 is 6.23. The molecule has 36 heavy (non-hydrogen) atoms. The maximum atomic E-state index is 13.5. The number of rotatable bonds is 10. The van der Waals surface area contributed by atoms with Crippen LogP contribution in [0.15, 0.2) is 70.7 Å². The number of ether oxygens (including phenoxy) is 2. The Morgan fingerprint density at radius 1 is 1.11 bits per heavy atom. The highest BCUT2D eigenvalue weighted by molar-refractivity contribution is 7.92. The molecule has 0 unspecified atom stereocenters. The Balaban J connectivity index is 1.85. The molecule has 0 saturated carbocycles. The highest BCUT2D eigenvalue weighted by atomic mass is 35.5. The topological polar surface area (TPSA) is 118 Å². The lowest BCUT2D eigenvalue weighted by molar-refractivity contribution is -0.119. The van der Waals surface area contributed by atoms with Gasteiger partial charge in [-0.25, -0.2) is 13.8 Å². The van der Waals surface area contributed by atoms with Crippen LogP contribution in [-0.2, 0) is 14.8 Å². The van der Waals surface area contributed by atoms with Crippen molar-refractivity contribution in [3.05, 3.63) is 76.8 Å². The molecule has 0 bridgehead atoms. The summed E-state index contributed by atoms with van der Waals surface area (Å²) in [5.41, 5.74) is 3.96. The fourth-order valence-electron chi connectivity index (χ4n) is 3.19. The van der Waals surface area contributed by atoms with Gasteiger partial charge >= 0.3 is 0 Å². The lowest BCUT2D eigenvalue weighted by Crippen LogP contribution is -2.39. The quantitative estimate of drug-likeness (QED) is 0.300. The number of carbonyl (C=O) groups is 1. The molecule has 9 nitrogen and oxygen atoms in total. The summed E-state index contributed by atoms with van der Waals surface area (Å²) in [6.07, 6.45) is 1.35. The third-order valence-electron chi connectivity index (χ3n) is 5.01. The number of amides is 1. The zero-order valence-electron chi connectivity index (χ0n) is 19.9. The van der Waals surface area contributed by atoms with E-state index in [0.29, 0.717) is 17.9 Å². The Bertz CT molecular complexity index is 1360. The lowest BCUT2D eigenvalue weighted by Gasteiger charge is -2.24. The minimum Gasteiger partial charge on any atom is -0.504 e. The van der Waals surface area contributed by atoms with Crippen LogP contribution in [0.2, 0.25) is 5.02 Å². The number of phenols is 1.